The van der Waals surface area contributed by atoms with Crippen LogP contribution in [-0.2, 0) is 10.5 Å². The summed E-state index contributed by atoms with van der Waals surface area (Å²) in [6.45, 7) is 1.50. The minimum atomic E-state index is -0.541. The molecule has 0 aliphatic carbocycles. The number of halogens is 1. The van der Waals surface area contributed by atoms with Gasteiger partial charge in [-0.05, 0) is 31.2 Å². The number of Topliss-reactive ketones (excluding diaryl/α,β-unsaturated/α-hetero) is 1. The standard InChI is InChI=1S/C18H14ClNO4S2/c1-11-8-12(20-24-11)10-25-15-5-3-2-4-13(15)18(22)23-9-14(21)16-6-7-17(19)26-16/h2-8H,9-10H2,1H3. The molecule has 8 heteroatoms. The van der Waals surface area contributed by atoms with E-state index in [2.05, 4.69) is 5.16 Å². The highest BCUT2D eigenvalue weighted by Crippen LogP contribution is 2.27. The Morgan fingerprint density at radius 2 is 2.08 bits per heavy atom. The summed E-state index contributed by atoms with van der Waals surface area (Å²) in [7, 11) is 0. The molecule has 5 nitrogen and oxygen atoms in total. The molecule has 0 bridgehead atoms. The first kappa shape index (κ1) is 18.7. The Balaban J connectivity index is 1.62. The zero-order valence-electron chi connectivity index (χ0n) is 13.7. The van der Waals surface area contributed by atoms with E-state index in [9.17, 15) is 9.59 Å². The number of ketones is 1. The molecule has 0 spiro atoms. The zero-order chi connectivity index (χ0) is 18.5. The van der Waals surface area contributed by atoms with Crippen LogP contribution in [0.15, 0.2) is 51.9 Å². The van der Waals surface area contributed by atoms with Crippen LogP contribution >= 0.6 is 34.7 Å². The maximum absolute atomic E-state index is 12.4. The van der Waals surface area contributed by atoms with Gasteiger partial charge in [0.2, 0.25) is 5.78 Å². The van der Waals surface area contributed by atoms with Crippen LogP contribution in [0.3, 0.4) is 0 Å². The molecule has 0 amide bonds. The second-order valence-electron chi connectivity index (χ2n) is 5.32. The van der Waals surface area contributed by atoms with Gasteiger partial charge in [-0.25, -0.2) is 4.79 Å². The molecule has 3 aromatic rings. The Morgan fingerprint density at radius 3 is 2.77 bits per heavy atom. The van der Waals surface area contributed by atoms with Gasteiger partial charge in [0, 0.05) is 16.7 Å². The number of nitrogens with zero attached hydrogens (tertiary/aromatic N) is 1. The van der Waals surface area contributed by atoms with Crippen molar-refractivity contribution in [2.24, 2.45) is 0 Å². The number of aromatic nitrogens is 1. The van der Waals surface area contributed by atoms with E-state index >= 15 is 0 Å². The van der Waals surface area contributed by atoms with E-state index in [4.69, 9.17) is 20.9 Å². The molecule has 1 aromatic carbocycles. The maximum Gasteiger partial charge on any atom is 0.339 e. The molecule has 0 atom stereocenters. The lowest BCUT2D eigenvalue weighted by Crippen LogP contribution is -2.14. The first-order chi connectivity index (χ1) is 12.5. The molecule has 134 valence electrons. The molecular weight excluding hydrogens is 394 g/mol. The number of esters is 1. The van der Waals surface area contributed by atoms with Crippen LogP contribution in [0.5, 0.6) is 0 Å². The van der Waals surface area contributed by atoms with Crippen molar-refractivity contribution in [1.29, 1.82) is 0 Å². The number of carbonyl (C=O) groups is 2. The fourth-order valence-electron chi connectivity index (χ4n) is 2.14. The molecule has 0 unspecified atom stereocenters. The van der Waals surface area contributed by atoms with Crippen molar-refractivity contribution in [1.82, 2.24) is 5.16 Å². The number of hydrogen-bond donors (Lipinski definition) is 0. The van der Waals surface area contributed by atoms with Gasteiger partial charge in [0.1, 0.15) is 5.76 Å². The lowest BCUT2D eigenvalue weighted by Gasteiger charge is -2.08. The van der Waals surface area contributed by atoms with Crippen LogP contribution in [-0.4, -0.2) is 23.5 Å². The van der Waals surface area contributed by atoms with Crippen molar-refractivity contribution in [3.8, 4) is 0 Å². The van der Waals surface area contributed by atoms with Gasteiger partial charge >= 0.3 is 5.97 Å². The van der Waals surface area contributed by atoms with Gasteiger partial charge in [-0.1, -0.05) is 28.9 Å². The summed E-state index contributed by atoms with van der Waals surface area (Å²) in [6.07, 6.45) is 0. The first-order valence-corrected chi connectivity index (χ1v) is 9.80. The van der Waals surface area contributed by atoms with Crippen LogP contribution in [0, 0.1) is 6.92 Å². The Labute approximate surface area is 163 Å². The van der Waals surface area contributed by atoms with Gasteiger partial charge < -0.3 is 9.26 Å². The van der Waals surface area contributed by atoms with E-state index in [1.54, 1.807) is 24.3 Å². The maximum atomic E-state index is 12.4. The van der Waals surface area contributed by atoms with Gasteiger partial charge in [0.25, 0.3) is 0 Å². The Morgan fingerprint density at radius 1 is 1.27 bits per heavy atom. The first-order valence-electron chi connectivity index (χ1n) is 7.62. The van der Waals surface area contributed by atoms with Crippen LogP contribution in [0.2, 0.25) is 4.34 Å². The summed E-state index contributed by atoms with van der Waals surface area (Å²) in [5.41, 5.74) is 1.20. The molecule has 26 heavy (non-hydrogen) atoms. The quantitative estimate of drug-likeness (QED) is 0.311. The predicted molar refractivity (Wildman–Crippen MR) is 101 cm³/mol. The number of hydrogen-bond acceptors (Lipinski definition) is 7. The molecule has 0 fully saturated rings. The third-order valence-electron chi connectivity index (χ3n) is 3.34. The zero-order valence-corrected chi connectivity index (χ0v) is 16.1. The van der Waals surface area contributed by atoms with E-state index in [1.165, 1.54) is 11.8 Å². The van der Waals surface area contributed by atoms with Gasteiger partial charge in [0.15, 0.2) is 6.61 Å². The van der Waals surface area contributed by atoms with Gasteiger partial charge in [-0.3, -0.25) is 4.79 Å². The van der Waals surface area contributed by atoms with Crippen LogP contribution in [0.25, 0.3) is 0 Å². The number of ether oxygens (including phenoxy) is 1. The van der Waals surface area contributed by atoms with Gasteiger partial charge in [-0.2, -0.15) is 0 Å². The second kappa shape index (κ2) is 8.53. The van der Waals surface area contributed by atoms with Crippen molar-refractivity contribution >= 4 is 46.5 Å². The lowest BCUT2D eigenvalue weighted by atomic mass is 10.2. The Bertz CT molecular complexity index is 935. The topological polar surface area (TPSA) is 69.4 Å². The highest BCUT2D eigenvalue weighted by Gasteiger charge is 2.16. The predicted octanol–water partition coefficient (Wildman–Crippen LogP) is 5.03. The van der Waals surface area contributed by atoms with Crippen molar-refractivity contribution < 1.29 is 18.8 Å². The molecule has 0 radical (unpaired) electrons. The van der Waals surface area contributed by atoms with Crippen LogP contribution in [0.1, 0.15) is 31.5 Å². The van der Waals surface area contributed by atoms with Crippen molar-refractivity contribution in [2.75, 3.05) is 6.61 Å². The fourth-order valence-corrected chi connectivity index (χ4v) is 4.03. The Kier molecular flexibility index (Phi) is 6.13. The summed E-state index contributed by atoms with van der Waals surface area (Å²) in [4.78, 5) is 25.6. The largest absolute Gasteiger partial charge is 0.454 e. The normalized spacial score (nSPS) is 10.7. The third-order valence-corrected chi connectivity index (χ3v) is 5.72. The summed E-state index contributed by atoms with van der Waals surface area (Å²) in [5.74, 6) is 0.480. The van der Waals surface area contributed by atoms with Crippen molar-refractivity contribution in [3.63, 3.8) is 0 Å². The average molecular weight is 408 g/mol. The highest BCUT2D eigenvalue weighted by atomic mass is 35.5. The van der Waals surface area contributed by atoms with Crippen molar-refractivity contribution in [3.05, 3.63) is 68.7 Å². The summed E-state index contributed by atoms with van der Waals surface area (Å²) >= 11 is 8.43. The molecule has 2 heterocycles. The number of benzene rings is 1. The van der Waals surface area contributed by atoms with E-state index in [1.807, 2.05) is 25.1 Å². The number of carbonyl (C=O) groups excluding carboxylic acids is 2. The van der Waals surface area contributed by atoms with E-state index in [-0.39, 0.29) is 12.4 Å². The van der Waals surface area contributed by atoms with Crippen molar-refractivity contribution in [2.45, 2.75) is 17.6 Å². The smallest absolute Gasteiger partial charge is 0.339 e. The number of thiophene rings is 1. The van der Waals surface area contributed by atoms with Crippen LogP contribution < -0.4 is 0 Å². The van der Waals surface area contributed by atoms with E-state index in [0.29, 0.717) is 20.5 Å². The number of rotatable bonds is 7. The summed E-state index contributed by atoms with van der Waals surface area (Å²) in [6, 6.07) is 12.2. The van der Waals surface area contributed by atoms with Gasteiger partial charge in [-0.15, -0.1) is 23.1 Å². The molecule has 2 aromatic heterocycles. The molecule has 0 saturated heterocycles. The van der Waals surface area contributed by atoms with E-state index in [0.717, 1.165) is 27.7 Å². The molecular formula is C18H14ClNO4S2. The van der Waals surface area contributed by atoms with E-state index < -0.39 is 5.97 Å². The SMILES string of the molecule is Cc1cc(CSc2ccccc2C(=O)OCC(=O)c2ccc(Cl)s2)no1. The molecule has 0 saturated carbocycles. The van der Waals surface area contributed by atoms with Gasteiger partial charge in [0.05, 0.1) is 20.5 Å². The minimum Gasteiger partial charge on any atom is -0.454 e. The number of thioether (sulfide) groups is 1. The number of aryl methyl sites for hydroxylation is 1. The fraction of sp³-hybridized carbons (Fsp3) is 0.167. The summed E-state index contributed by atoms with van der Waals surface area (Å²) < 4.78 is 10.7. The molecule has 0 aliphatic heterocycles. The lowest BCUT2D eigenvalue weighted by molar-refractivity contribution is 0.0472. The third kappa shape index (κ3) is 4.75. The minimum absolute atomic E-state index is 0.279. The summed E-state index contributed by atoms with van der Waals surface area (Å²) in [5, 5.41) is 3.93. The molecule has 0 aliphatic rings. The monoisotopic (exact) mass is 407 g/mol. The highest BCUT2D eigenvalue weighted by molar-refractivity contribution is 7.98. The molecule has 0 N–H and O–H groups in total. The molecule has 3 rings (SSSR count). The van der Waals surface area contributed by atoms with Crippen LogP contribution in [0.4, 0.5) is 0 Å². The average Bonchev–Trinajstić information content (AvgIpc) is 3.26. The second-order valence-corrected chi connectivity index (χ2v) is 8.05. The Hall–Kier alpha value is -2.09.